The van der Waals surface area contributed by atoms with Crippen LogP contribution in [0.25, 0.3) is 11.0 Å². The van der Waals surface area contributed by atoms with Gasteiger partial charge in [0, 0.05) is 82.7 Å². The molecular formula is C52H70N8O18P3S4+. The Kier molecular flexibility index (Phi) is 22.1. The number of amides is 1. The standard InChI is InChI=1S/C52H69N8O18P3S4/c1-8-58-38-22-20-34(82)26-36(38)51(4,5)42(58)17-11-9-12-18-43-52(6,7)37-27-35(85(70,71)72)21-23-39(37)59(43)24-14-10-13-19-44(61)55-31-50(2,3)84-83-32-73-25-15-16-33-29-60(47-46(33)48(62)57-49(53)56-47)45-28-40(76-54)41(75-45)30-74-80(66,67)78-81(68,69)77-79(63,64)65/h9,11-12,17-18,20-23,26-27,29,40-41,45H,8,10,13-14,19,24-25,28,30-32,54H2,1-7H3,(H9-,53,55,56,57,61,62,63,64,65,66,67,68,69,70,71,72,82)/p+1/t40?,41-,45-/m1/s1. The third-order valence-corrected chi connectivity index (χ3v) is 22.0. The van der Waals surface area contributed by atoms with Crippen molar-refractivity contribution in [2.75, 3.05) is 49.4 Å². The Balaban J connectivity index is 0.876. The second-order valence-corrected chi connectivity index (χ2v) is 30.8. The van der Waals surface area contributed by atoms with Gasteiger partial charge in [-0.3, -0.25) is 28.5 Å². The van der Waals surface area contributed by atoms with Gasteiger partial charge in [-0.1, -0.05) is 65.5 Å². The lowest BCUT2D eigenvalue weighted by Crippen LogP contribution is -2.35. The predicted octanol–water partition coefficient (Wildman–Crippen LogP) is 7.78. The summed E-state index contributed by atoms with van der Waals surface area (Å²) in [5, 5.41) is 3.09. The van der Waals surface area contributed by atoms with Crippen LogP contribution in [0.1, 0.15) is 103 Å². The number of nitrogens with one attached hydrogen (secondary N) is 2. The van der Waals surface area contributed by atoms with Gasteiger partial charge in [-0.2, -0.15) is 26.6 Å². The number of hydrogen-bond donors (Lipinski definition) is 10. The molecular weight excluding hydrogens is 1250 g/mol. The quantitative estimate of drug-likeness (QED) is 0.00260. The smallest absolute Gasteiger partial charge is 0.369 e. The number of aromatic amines is 1. The van der Waals surface area contributed by atoms with Crippen LogP contribution in [-0.2, 0) is 66.9 Å². The van der Waals surface area contributed by atoms with Crippen LogP contribution in [0, 0.1) is 11.8 Å². The van der Waals surface area contributed by atoms with Gasteiger partial charge in [0.1, 0.15) is 37.5 Å². The van der Waals surface area contributed by atoms with Gasteiger partial charge in [0.15, 0.2) is 11.4 Å². The highest BCUT2D eigenvalue weighted by atomic mass is 33.1. The molecule has 3 aliphatic heterocycles. The maximum Gasteiger partial charge on any atom is 0.490 e. The van der Waals surface area contributed by atoms with Crippen molar-refractivity contribution in [1.82, 2.24) is 19.9 Å². The lowest BCUT2D eigenvalue weighted by molar-refractivity contribution is -0.438. The Labute approximate surface area is 505 Å². The largest absolute Gasteiger partial charge is 0.490 e. The lowest BCUT2D eigenvalue weighted by Gasteiger charge is -2.25. The summed E-state index contributed by atoms with van der Waals surface area (Å²) >= 11 is 4.59. The minimum absolute atomic E-state index is 0.0425. The van der Waals surface area contributed by atoms with Crippen molar-refractivity contribution in [2.45, 2.75) is 124 Å². The number of hydrogen-bond acceptors (Lipinski definition) is 20. The molecule has 85 heavy (non-hydrogen) atoms. The summed E-state index contributed by atoms with van der Waals surface area (Å²) in [6, 6.07) is 11.0. The number of rotatable bonds is 27. The van der Waals surface area contributed by atoms with E-state index in [-0.39, 0.29) is 62.5 Å². The average Bonchev–Trinajstić information content (AvgIpc) is 1.68. The normalized spacial score (nSPS) is 20.5. The first-order valence-electron chi connectivity index (χ1n) is 26.4. The number of nitrogens with zero attached hydrogens (tertiary/aromatic N) is 4. The summed E-state index contributed by atoms with van der Waals surface area (Å²) in [5.41, 5.74) is 10.8. The molecule has 0 aliphatic carbocycles. The zero-order chi connectivity index (χ0) is 62.5. The van der Waals surface area contributed by atoms with Gasteiger partial charge in [-0.25, -0.2) is 19.6 Å². The van der Waals surface area contributed by atoms with E-state index in [1.165, 1.54) is 55.4 Å². The number of phosphoric ester groups is 1. The number of allylic oxidation sites excluding steroid dienone is 6. The van der Waals surface area contributed by atoms with E-state index >= 15 is 0 Å². The molecule has 1 fully saturated rings. The van der Waals surface area contributed by atoms with E-state index < -0.39 is 69.6 Å². The first-order valence-corrected chi connectivity index (χ1v) is 35.2. The van der Waals surface area contributed by atoms with Crippen molar-refractivity contribution in [1.29, 1.82) is 0 Å². The summed E-state index contributed by atoms with van der Waals surface area (Å²) in [6.07, 6.45) is 10.7. The zero-order valence-corrected chi connectivity index (χ0v) is 53.5. The zero-order valence-electron chi connectivity index (χ0n) is 47.4. The highest BCUT2D eigenvalue weighted by Gasteiger charge is 2.46. The first kappa shape index (κ1) is 68.1. The van der Waals surface area contributed by atoms with E-state index in [1.807, 2.05) is 58.1 Å². The number of phosphoric acid groups is 3. The highest BCUT2D eigenvalue weighted by molar-refractivity contribution is 8.77. The minimum atomic E-state index is -5.78. The van der Waals surface area contributed by atoms with Gasteiger partial charge < -0.3 is 49.6 Å². The number of ether oxygens (including phenoxy) is 2. The van der Waals surface area contributed by atoms with Gasteiger partial charge >= 0.3 is 23.5 Å². The molecule has 0 bridgehead atoms. The van der Waals surface area contributed by atoms with Crippen LogP contribution in [-0.4, -0.2) is 119 Å². The maximum absolute atomic E-state index is 13.1. The third-order valence-electron chi connectivity index (χ3n) is 14.1. The number of nitrogens with two attached hydrogens (primary N) is 2. The van der Waals surface area contributed by atoms with Crippen molar-refractivity contribution in [3.8, 4) is 11.8 Å². The number of carbonyl (C=O) groups excluding carboxylic acids is 1. The lowest BCUT2D eigenvalue weighted by atomic mass is 9.81. The number of fused-ring (bicyclic) bond motifs is 3. The monoisotopic (exact) mass is 1320 g/mol. The van der Waals surface area contributed by atoms with Gasteiger partial charge in [-0.15, -0.1) is 12.6 Å². The molecule has 33 heteroatoms. The number of benzene rings is 2. The number of H-pyrrole nitrogens is 1. The Morgan fingerprint density at radius 2 is 1.78 bits per heavy atom. The number of thiol groups is 1. The molecule has 0 saturated carbocycles. The third kappa shape index (κ3) is 17.3. The number of unbranched alkanes of at least 4 members (excludes halogenated alkanes) is 2. The molecule has 1 amide bonds. The number of aromatic nitrogens is 3. The molecule has 5 heterocycles. The van der Waals surface area contributed by atoms with Crippen LogP contribution >= 0.6 is 57.7 Å². The van der Waals surface area contributed by atoms with E-state index in [9.17, 15) is 46.0 Å². The fourth-order valence-electron chi connectivity index (χ4n) is 10.1. The Bertz CT molecular complexity index is 3700. The summed E-state index contributed by atoms with van der Waals surface area (Å²) in [5.74, 6) is 11.1. The maximum atomic E-state index is 13.1. The summed E-state index contributed by atoms with van der Waals surface area (Å²) in [4.78, 5) is 77.8. The molecule has 2 aromatic carbocycles. The molecule has 26 nitrogen and oxygen atoms in total. The molecule has 2 aromatic heterocycles. The first-order chi connectivity index (χ1) is 39.7. The molecule has 3 unspecified atom stereocenters. The van der Waals surface area contributed by atoms with Gasteiger partial charge in [0.05, 0.1) is 27.9 Å². The molecule has 3 aliphatic rings. The summed E-state index contributed by atoms with van der Waals surface area (Å²) in [7, 11) is -18.4. The van der Waals surface area contributed by atoms with E-state index in [0.29, 0.717) is 25.9 Å². The second kappa shape index (κ2) is 27.5. The van der Waals surface area contributed by atoms with Crippen LogP contribution in [0.4, 0.5) is 17.3 Å². The van der Waals surface area contributed by atoms with Gasteiger partial charge in [0.25, 0.3) is 15.7 Å². The number of anilines is 2. The average molecular weight is 1320 g/mol. The van der Waals surface area contributed by atoms with Crippen LogP contribution in [0.5, 0.6) is 0 Å². The number of likely N-dealkylation sites (N-methyl/N-ethyl adjacent to an activating group) is 1. The van der Waals surface area contributed by atoms with Crippen molar-refractivity contribution in [3.05, 3.63) is 106 Å². The molecule has 11 N–H and O–H groups in total. The van der Waals surface area contributed by atoms with Crippen molar-refractivity contribution in [2.24, 2.45) is 5.90 Å². The Morgan fingerprint density at radius 3 is 2.47 bits per heavy atom. The molecule has 0 spiro atoms. The Hall–Kier alpha value is -4.41. The molecule has 464 valence electrons. The summed E-state index contributed by atoms with van der Waals surface area (Å²) < 4.78 is 96.5. The van der Waals surface area contributed by atoms with E-state index in [1.54, 1.807) is 12.1 Å². The van der Waals surface area contributed by atoms with Gasteiger partial charge in [0.2, 0.25) is 17.5 Å². The SMILES string of the molecule is CCN1/C(=C/C=C/C=C/C2=[N+](CCCCCC(=O)NCC(C)(C)SSCOCC#Cc3cn([C@H]4CC(ON)[C@@H](COP(=O)(O)OP(=O)(O)OP(=O)(O)O)O4)c4nc(N)[nH]c(=O)c34)c3ccc(S(=O)(=O)O)cc3C2(C)C)C(C)(C)c2cc(S)ccc21. The molecule has 4 aromatic rings. The second-order valence-electron chi connectivity index (χ2n) is 21.5. The van der Waals surface area contributed by atoms with E-state index in [2.05, 4.69) is 96.8 Å². The molecule has 0 radical (unpaired) electrons. The van der Waals surface area contributed by atoms with Crippen LogP contribution < -0.4 is 27.4 Å². The Morgan fingerprint density at radius 1 is 1.04 bits per heavy atom. The van der Waals surface area contributed by atoms with E-state index in [4.69, 9.17) is 40.3 Å². The van der Waals surface area contributed by atoms with Gasteiger partial charge in [-0.05, 0) is 89.4 Å². The van der Waals surface area contributed by atoms with E-state index in [0.717, 1.165) is 41.2 Å². The van der Waals surface area contributed by atoms with Crippen molar-refractivity contribution < 1.29 is 83.1 Å². The molecule has 5 atom stereocenters. The minimum Gasteiger partial charge on any atom is -0.369 e. The fourth-order valence-corrected chi connectivity index (χ4v) is 16.0. The summed E-state index contributed by atoms with van der Waals surface area (Å²) in [6.45, 7) is 15.5. The van der Waals surface area contributed by atoms with Crippen molar-refractivity contribution >= 4 is 108 Å². The topological polar surface area (TPSA) is 380 Å². The molecule has 7 rings (SSSR count). The number of carbonyl (C=O) groups is 1. The molecule has 1 saturated heterocycles. The van der Waals surface area contributed by atoms with Crippen molar-refractivity contribution in [3.63, 3.8) is 0 Å². The van der Waals surface area contributed by atoms with Crippen LogP contribution in [0.3, 0.4) is 0 Å². The van der Waals surface area contributed by atoms with Crippen LogP contribution in [0.15, 0.2) is 93.3 Å². The fraction of sp³-hybridized carbons (Fsp3) is 0.462. The highest BCUT2D eigenvalue weighted by Crippen LogP contribution is 2.66. The predicted molar refractivity (Wildman–Crippen MR) is 326 cm³/mol. The van der Waals surface area contributed by atoms with Crippen LogP contribution in [0.2, 0.25) is 0 Å². The number of nitrogen functional groups attached to an aromatic ring is 1.